The third kappa shape index (κ3) is 3.29. The number of piperidine rings is 1. The van der Waals surface area contributed by atoms with E-state index in [0.717, 1.165) is 37.2 Å². The molecule has 180 valence electrons. The number of carbonyl (C=O) groups is 1. The lowest BCUT2D eigenvalue weighted by molar-refractivity contribution is -0.134. The molecule has 1 fully saturated rings. The van der Waals surface area contributed by atoms with E-state index in [1.54, 1.807) is 6.07 Å². The minimum Gasteiger partial charge on any atom is -0.504 e. The number of aromatic nitrogens is 1. The molecule has 2 aliphatic carbocycles. The summed E-state index contributed by atoms with van der Waals surface area (Å²) in [5.41, 5.74) is 3.29. The van der Waals surface area contributed by atoms with Gasteiger partial charge in [-0.1, -0.05) is 30.3 Å². The van der Waals surface area contributed by atoms with Crippen LogP contribution in [0.2, 0.25) is 0 Å². The van der Waals surface area contributed by atoms with Crippen molar-refractivity contribution in [2.45, 2.75) is 43.4 Å². The van der Waals surface area contributed by atoms with Gasteiger partial charge in [-0.2, -0.15) is 0 Å². The molecule has 5 atom stereocenters. The Bertz CT molecular complexity index is 1350. The normalized spacial score (nSPS) is 29.5. The van der Waals surface area contributed by atoms with E-state index in [4.69, 9.17) is 24.4 Å². The van der Waals surface area contributed by atoms with Gasteiger partial charge in [0.25, 0.3) is 5.97 Å². The Kier molecular flexibility index (Phi) is 5.00. The second kappa shape index (κ2) is 7.99. The summed E-state index contributed by atoms with van der Waals surface area (Å²) < 4.78 is 13.0. The third-order valence-electron chi connectivity index (χ3n) is 7.96. The van der Waals surface area contributed by atoms with Crippen LogP contribution in [0.25, 0.3) is 10.9 Å². The summed E-state index contributed by atoms with van der Waals surface area (Å²) in [6.07, 6.45) is 6.05. The molecule has 3 heterocycles. The van der Waals surface area contributed by atoms with Crippen LogP contribution < -0.4 is 9.47 Å². The summed E-state index contributed by atoms with van der Waals surface area (Å²) in [7, 11) is 2.23. The summed E-state index contributed by atoms with van der Waals surface area (Å²) in [6, 6.07) is 16.4. The highest BCUT2D eigenvalue weighted by Crippen LogP contribution is 2.62. The Morgan fingerprint density at radius 3 is 2.80 bits per heavy atom. The molecule has 1 spiro atoms. The smallest absolute Gasteiger partial charge is 0.300 e. The number of fused-ring (bicyclic) bond motifs is 1. The van der Waals surface area contributed by atoms with Crippen molar-refractivity contribution < 1.29 is 24.5 Å². The molecule has 0 amide bonds. The van der Waals surface area contributed by atoms with E-state index in [0.29, 0.717) is 23.6 Å². The van der Waals surface area contributed by atoms with Crippen LogP contribution in [-0.2, 0) is 16.6 Å². The number of ether oxygens (including phenoxy) is 2. The SMILES string of the molecule is CC(=O)O.CN1CC[C@]23c4c5ccc(O)c4O[C@H]2[C@@H](Oc2ccc4ccccc4n2)C=C[C@H]3[C@H]1C5. The number of rotatable bonds is 2. The van der Waals surface area contributed by atoms with Crippen LogP contribution in [0.4, 0.5) is 0 Å². The topological polar surface area (TPSA) is 92.1 Å². The number of likely N-dealkylation sites (tertiary alicyclic amines) is 1. The summed E-state index contributed by atoms with van der Waals surface area (Å²) in [5.74, 6) is 1.03. The summed E-state index contributed by atoms with van der Waals surface area (Å²) in [4.78, 5) is 16.2. The highest BCUT2D eigenvalue weighted by molar-refractivity contribution is 5.78. The average Bonchev–Trinajstić information content (AvgIpc) is 3.19. The Hall–Kier alpha value is -3.58. The number of carboxylic acid groups (broad SMARTS) is 1. The monoisotopic (exact) mass is 472 g/mol. The van der Waals surface area contributed by atoms with E-state index in [1.807, 2.05) is 30.3 Å². The lowest BCUT2D eigenvalue weighted by Crippen LogP contribution is -2.65. The predicted octanol–water partition coefficient (Wildman–Crippen LogP) is 3.92. The maximum absolute atomic E-state index is 10.6. The molecule has 1 saturated heterocycles. The predicted molar refractivity (Wildman–Crippen MR) is 131 cm³/mol. The molecule has 7 nitrogen and oxygen atoms in total. The number of pyridine rings is 1. The number of nitrogens with zero attached hydrogens (tertiary/aromatic N) is 2. The van der Waals surface area contributed by atoms with Gasteiger partial charge in [-0.3, -0.25) is 4.79 Å². The van der Waals surface area contributed by atoms with Gasteiger partial charge >= 0.3 is 0 Å². The number of likely N-dealkylation sites (N-methyl/N-ethyl adjacent to an activating group) is 1. The number of hydrogen-bond donors (Lipinski definition) is 2. The van der Waals surface area contributed by atoms with Crippen molar-refractivity contribution in [3.8, 4) is 17.4 Å². The fourth-order valence-corrected chi connectivity index (χ4v) is 6.57. The number of phenols is 1. The van der Waals surface area contributed by atoms with Crippen LogP contribution in [0.5, 0.6) is 17.4 Å². The van der Waals surface area contributed by atoms with Gasteiger partial charge in [0.1, 0.15) is 6.10 Å². The Morgan fingerprint density at radius 2 is 1.97 bits per heavy atom. The van der Waals surface area contributed by atoms with Crippen molar-refractivity contribution in [2.75, 3.05) is 13.6 Å². The lowest BCUT2D eigenvalue weighted by atomic mass is 9.53. The van der Waals surface area contributed by atoms with E-state index in [1.165, 1.54) is 11.1 Å². The Balaban J connectivity index is 0.000000534. The largest absolute Gasteiger partial charge is 0.504 e. The minimum absolute atomic E-state index is 0.158. The first-order valence-corrected chi connectivity index (χ1v) is 12.0. The first-order chi connectivity index (χ1) is 16.9. The highest BCUT2D eigenvalue weighted by Gasteiger charge is 2.64. The average molecular weight is 473 g/mol. The number of para-hydroxylation sites is 1. The van der Waals surface area contributed by atoms with Gasteiger partial charge in [0.15, 0.2) is 17.6 Å². The van der Waals surface area contributed by atoms with Gasteiger partial charge in [-0.05, 0) is 56.3 Å². The number of benzene rings is 2. The maximum atomic E-state index is 10.6. The summed E-state index contributed by atoms with van der Waals surface area (Å²) >= 11 is 0. The minimum atomic E-state index is -0.833. The van der Waals surface area contributed by atoms with Gasteiger partial charge in [0.05, 0.1) is 5.52 Å². The molecule has 2 aromatic carbocycles. The molecule has 0 radical (unpaired) electrons. The van der Waals surface area contributed by atoms with Crippen molar-refractivity contribution >= 4 is 16.9 Å². The second-order valence-corrected chi connectivity index (χ2v) is 9.88. The molecule has 2 aliphatic heterocycles. The Morgan fingerprint density at radius 1 is 1.17 bits per heavy atom. The van der Waals surface area contributed by atoms with E-state index in [9.17, 15) is 5.11 Å². The Labute approximate surface area is 203 Å². The number of hydrogen-bond acceptors (Lipinski definition) is 6. The summed E-state index contributed by atoms with van der Waals surface area (Å²) in [5, 5.41) is 19.2. The zero-order valence-electron chi connectivity index (χ0n) is 19.7. The van der Waals surface area contributed by atoms with Crippen molar-refractivity contribution in [3.05, 3.63) is 71.8 Å². The standard InChI is InChI=1S/C26H24N2O3.C2H4O2/c1-28-13-12-26-17-8-10-21(30-22-11-7-15-4-2-3-5-18(15)27-22)25(26)31-24-20(29)9-6-16(23(24)26)14-19(17)28;1-2(3)4/h2-11,17,19,21,25,29H,12-14H2,1H3;1H3,(H,3,4)/t17-,19+,21-,25-,26-;/m0./s1. The zero-order chi connectivity index (χ0) is 24.3. The van der Waals surface area contributed by atoms with E-state index < -0.39 is 5.97 Å². The van der Waals surface area contributed by atoms with Crippen LogP contribution in [-0.4, -0.2) is 57.9 Å². The quantitative estimate of drug-likeness (QED) is 0.546. The van der Waals surface area contributed by atoms with Gasteiger partial charge in [-0.25, -0.2) is 4.98 Å². The van der Waals surface area contributed by atoms with Crippen LogP contribution in [0.15, 0.2) is 60.7 Å². The fraction of sp³-hybridized carbons (Fsp3) is 0.357. The highest BCUT2D eigenvalue weighted by atomic mass is 16.6. The van der Waals surface area contributed by atoms with E-state index >= 15 is 0 Å². The molecule has 3 aromatic rings. The molecule has 7 heteroatoms. The van der Waals surface area contributed by atoms with Gasteiger partial charge in [-0.15, -0.1) is 0 Å². The molecular formula is C28H28N2O5. The molecule has 2 bridgehead atoms. The van der Waals surface area contributed by atoms with Crippen molar-refractivity contribution in [3.63, 3.8) is 0 Å². The maximum Gasteiger partial charge on any atom is 0.300 e. The van der Waals surface area contributed by atoms with Crippen molar-refractivity contribution in [2.24, 2.45) is 5.92 Å². The number of carboxylic acids is 1. The molecule has 7 rings (SSSR count). The van der Waals surface area contributed by atoms with Crippen molar-refractivity contribution in [1.82, 2.24) is 9.88 Å². The van der Waals surface area contributed by atoms with Crippen LogP contribution in [0.1, 0.15) is 24.5 Å². The molecular weight excluding hydrogens is 444 g/mol. The van der Waals surface area contributed by atoms with Gasteiger partial charge < -0.3 is 24.6 Å². The first-order valence-electron chi connectivity index (χ1n) is 12.0. The second-order valence-electron chi connectivity index (χ2n) is 9.88. The van der Waals surface area contributed by atoms with E-state index in [-0.39, 0.29) is 23.4 Å². The molecule has 35 heavy (non-hydrogen) atoms. The van der Waals surface area contributed by atoms with Crippen molar-refractivity contribution in [1.29, 1.82) is 0 Å². The number of aliphatic carboxylic acids is 1. The molecule has 4 aliphatic rings. The van der Waals surface area contributed by atoms with Crippen LogP contribution in [0.3, 0.4) is 0 Å². The molecule has 2 N–H and O–H groups in total. The van der Waals surface area contributed by atoms with Crippen LogP contribution in [0, 0.1) is 5.92 Å². The number of phenolic OH excluding ortho intramolecular Hbond substituents is 1. The summed E-state index contributed by atoms with van der Waals surface area (Å²) in [6.45, 7) is 2.10. The van der Waals surface area contributed by atoms with Gasteiger partial charge in [0, 0.05) is 41.3 Å². The molecule has 1 aromatic heterocycles. The fourth-order valence-electron chi connectivity index (χ4n) is 6.57. The van der Waals surface area contributed by atoms with Gasteiger partial charge in [0.2, 0.25) is 5.88 Å². The zero-order valence-corrected chi connectivity index (χ0v) is 19.7. The molecule has 0 unspecified atom stereocenters. The molecule has 0 saturated carbocycles. The first kappa shape index (κ1) is 21.9. The van der Waals surface area contributed by atoms with E-state index in [2.05, 4.69) is 36.2 Å². The van der Waals surface area contributed by atoms with Crippen LogP contribution >= 0.6 is 0 Å². The third-order valence-corrected chi connectivity index (χ3v) is 7.96. The lowest BCUT2D eigenvalue weighted by Gasteiger charge is -2.56. The number of aromatic hydroxyl groups is 1.